The van der Waals surface area contributed by atoms with Crippen LogP contribution in [-0.4, -0.2) is 186 Å². The maximum atomic E-state index is 12.8. The first-order valence-corrected chi connectivity index (χ1v) is 40.1. The van der Waals surface area contributed by atoms with Crippen molar-refractivity contribution in [3.8, 4) is 35.4 Å². The lowest BCUT2D eigenvalue weighted by Gasteiger charge is -2.50. The van der Waals surface area contributed by atoms with E-state index < -0.39 is 76.7 Å². The Labute approximate surface area is 687 Å². The summed E-state index contributed by atoms with van der Waals surface area (Å²) in [6, 6.07) is 27.8. The van der Waals surface area contributed by atoms with Gasteiger partial charge in [-0.2, -0.15) is 67.8 Å². The van der Waals surface area contributed by atoms with Crippen LogP contribution in [0.1, 0.15) is 188 Å². The third-order valence-electron chi connectivity index (χ3n) is 24.7. The van der Waals surface area contributed by atoms with Crippen LogP contribution in [0.15, 0.2) is 79.4 Å². The Morgan fingerprint density at radius 2 is 0.825 bits per heavy atom. The van der Waals surface area contributed by atoms with Crippen LogP contribution in [0.3, 0.4) is 0 Å². The second kappa shape index (κ2) is 36.4. The number of nitrogens with zero attached hydrogens (tertiary/aromatic N) is 15. The SMILES string of the molecule is COC(=O)Nc1nn(C2(CC#N)CCN(CC(F)(F)F)CC2)cc1C(N)=O.N#CCC1(n2cc(C(N)=O)c(NC(=O)C3CC3)n2)CCC(N2CC(C(F)(F)F)C2)CC1.N#CCC1(n2cc(C(N)=O)c(NC(=O)C3CC3)n2)CCC2(CC1)COC2.N#CCC1(n2cc(C(N)=O)c(NC(=O)C3CC3)n2)CCN(Cc2ccc(-c3ccccc3)cc2)CC1. The maximum Gasteiger partial charge on any atom is 0.412 e. The first kappa shape index (κ1) is 87.5. The van der Waals surface area contributed by atoms with Crippen LogP contribution in [0, 0.1) is 74.4 Å². The van der Waals surface area contributed by atoms with E-state index in [1.807, 2.05) is 29.2 Å². The number of hydrogen-bond donors (Lipinski definition) is 8. The Morgan fingerprint density at radius 3 is 1.15 bits per heavy atom. The number of aromatic nitrogens is 8. The fourth-order valence-electron chi connectivity index (χ4n) is 16.6. The summed E-state index contributed by atoms with van der Waals surface area (Å²) < 4.78 is 92.3. The van der Waals surface area contributed by atoms with Crippen LogP contribution in [0.2, 0.25) is 0 Å². The minimum Gasteiger partial charge on any atom is -0.453 e. The zero-order valence-electron chi connectivity index (χ0n) is 66.4. The minimum absolute atomic E-state index is 0.00194. The van der Waals surface area contributed by atoms with Crippen molar-refractivity contribution in [3.63, 3.8) is 0 Å². The molecule has 8 heterocycles. The molecule has 8 amide bonds. The first-order valence-electron chi connectivity index (χ1n) is 40.1. The molecule has 4 saturated heterocycles. The normalized spacial score (nSPS) is 21.1. The summed E-state index contributed by atoms with van der Waals surface area (Å²) >= 11 is 0. The third kappa shape index (κ3) is 20.7. The van der Waals surface area contributed by atoms with Crippen molar-refractivity contribution in [1.82, 2.24) is 53.8 Å². The molecule has 638 valence electrons. The number of nitrogens with two attached hydrogens (primary N) is 4. The van der Waals surface area contributed by atoms with E-state index in [4.69, 9.17) is 27.7 Å². The van der Waals surface area contributed by atoms with Gasteiger partial charge in [-0.05, 0) is 132 Å². The number of hydrogen-bond acceptors (Lipinski definition) is 21. The van der Waals surface area contributed by atoms with Crippen molar-refractivity contribution in [1.29, 1.82) is 21.0 Å². The van der Waals surface area contributed by atoms with E-state index in [0.29, 0.717) is 44.9 Å². The van der Waals surface area contributed by atoms with Gasteiger partial charge < -0.3 is 48.4 Å². The highest BCUT2D eigenvalue weighted by atomic mass is 19.4. The molecule has 0 radical (unpaired) electrons. The van der Waals surface area contributed by atoms with Gasteiger partial charge in [0.05, 0.1) is 105 Å². The number of carbonyl (C=O) groups is 8. The molecular weight excluding hydrogens is 1570 g/mol. The molecule has 0 atom stereocenters. The third-order valence-corrected chi connectivity index (χ3v) is 24.7. The van der Waals surface area contributed by atoms with Crippen molar-refractivity contribution < 1.29 is 74.2 Å². The Hall–Kier alpha value is -11.8. The van der Waals surface area contributed by atoms with Gasteiger partial charge in [-0.3, -0.25) is 72.3 Å². The van der Waals surface area contributed by atoms with E-state index in [1.165, 1.54) is 38.7 Å². The summed E-state index contributed by atoms with van der Waals surface area (Å²) in [7, 11) is 1.13. The number of methoxy groups -OCH3 is 1. The summed E-state index contributed by atoms with van der Waals surface area (Å²) in [5.41, 5.74) is 23.5. The molecule has 0 unspecified atom stereocenters. The number of piperidine rings is 2. The van der Waals surface area contributed by atoms with Gasteiger partial charge in [0.25, 0.3) is 23.6 Å². The summed E-state index contributed by atoms with van der Waals surface area (Å²) in [5.74, 6) is -4.31. The Kier molecular flexibility index (Phi) is 26.6. The van der Waals surface area contributed by atoms with Gasteiger partial charge in [-0.15, -0.1) is 0 Å². The molecule has 4 aromatic heterocycles. The highest BCUT2D eigenvalue weighted by molar-refractivity contribution is 6.05. The Bertz CT molecular complexity index is 4920. The standard InChI is InChI=1S/C28H30N6O2.C20H25F3N6O2.C18H23N5O3.C15H19F3N6O3/c29-15-12-28(34-19-24(25(30)35)26(32-34)31-27(36)23-10-11-23)13-16-33(17-14-28)18-20-6-8-22(9-7-20)21-4-2-1-3-5-21;21-20(22,23)13-9-28(10-13)14-3-5-19(6-4-14,7-8-24)29-11-15(16(25)30)17(27-29)26-18(31)12-1-2-12;19-8-7-18(5-3-17(4-6-18)10-26-11-17)23-9-13(14(20)24)15(22-23)21-16(25)12-1-2-12;1-27-13(26)21-12-10(11(20)25)8-24(22-12)14(2-5-19)3-6-23(7-4-14)9-15(16,17)18/h1-9,19,23H,10-14,16-18H2,(H2,30,35)(H,31,32,36);11-14H,1-7,9-10H2,(H2,25,30)(H,26,27,31);9,12H,1-7,10-11H2,(H2,20,24)(H,21,22,25);8H,2-4,6-7,9H2,1H3,(H2,20,25)(H,21,22,26). The van der Waals surface area contributed by atoms with Crippen LogP contribution in [0.5, 0.6) is 0 Å². The molecule has 0 bridgehead atoms. The molecule has 15 rings (SSSR count). The predicted octanol–water partition coefficient (Wildman–Crippen LogP) is 9.24. The lowest BCUT2D eigenvalue weighted by molar-refractivity contribution is -0.215. The molecule has 12 N–H and O–H groups in total. The Morgan fingerprint density at radius 1 is 0.475 bits per heavy atom. The quantitative estimate of drug-likeness (QED) is 0.0262. The molecular formula is C81H97F6N23O10. The molecule has 5 saturated carbocycles. The van der Waals surface area contributed by atoms with Gasteiger partial charge in [0, 0.05) is 99.8 Å². The van der Waals surface area contributed by atoms with Crippen molar-refractivity contribution >= 4 is 70.7 Å². The molecule has 33 nitrogen and oxygen atoms in total. The van der Waals surface area contributed by atoms with Crippen molar-refractivity contribution in [2.75, 3.05) is 87.4 Å². The van der Waals surface area contributed by atoms with Crippen LogP contribution in [-0.2, 0) is 52.6 Å². The fourth-order valence-corrected chi connectivity index (χ4v) is 16.6. The van der Waals surface area contributed by atoms with E-state index in [-0.39, 0.29) is 151 Å². The van der Waals surface area contributed by atoms with Crippen LogP contribution in [0.4, 0.5) is 54.4 Å². The molecule has 4 aliphatic heterocycles. The van der Waals surface area contributed by atoms with Crippen molar-refractivity contribution in [2.24, 2.45) is 52.0 Å². The average Bonchev–Trinajstić information content (AvgIpc) is 1.45. The van der Waals surface area contributed by atoms with Gasteiger partial charge in [-0.25, -0.2) is 4.79 Å². The number of benzene rings is 2. The Balaban J connectivity index is 0.000000148. The molecule has 1 spiro atoms. The summed E-state index contributed by atoms with van der Waals surface area (Å²) in [5, 5.41) is 65.7. The number of nitrogens with one attached hydrogen (secondary N) is 4. The lowest BCUT2D eigenvalue weighted by atomic mass is 9.65. The smallest absolute Gasteiger partial charge is 0.412 e. The first-order chi connectivity index (χ1) is 57.2. The number of rotatable bonds is 24. The lowest BCUT2D eigenvalue weighted by Crippen LogP contribution is -2.58. The molecule has 9 aliphatic rings. The van der Waals surface area contributed by atoms with Gasteiger partial charge in [-0.1, -0.05) is 54.6 Å². The van der Waals surface area contributed by atoms with Gasteiger partial charge >= 0.3 is 18.4 Å². The second-order valence-electron chi connectivity index (χ2n) is 33.1. The number of halogens is 6. The van der Waals surface area contributed by atoms with Gasteiger partial charge in [0.15, 0.2) is 23.3 Å². The molecule has 9 fully saturated rings. The monoisotopic (exact) mass is 1670 g/mol. The van der Waals surface area contributed by atoms with E-state index in [2.05, 4.69) is 106 Å². The summed E-state index contributed by atoms with van der Waals surface area (Å²) in [4.78, 5) is 101. The number of primary amides is 4. The molecule has 6 aromatic rings. The maximum absolute atomic E-state index is 12.8. The number of likely N-dealkylation sites (tertiary alicyclic amines) is 3. The van der Waals surface area contributed by atoms with Crippen LogP contribution >= 0.6 is 0 Å². The zero-order valence-corrected chi connectivity index (χ0v) is 66.4. The molecule has 2 aromatic carbocycles. The number of amides is 8. The van der Waals surface area contributed by atoms with Gasteiger partial charge in [0.1, 0.15) is 22.3 Å². The number of ether oxygens (including phenoxy) is 2. The van der Waals surface area contributed by atoms with E-state index in [0.717, 1.165) is 104 Å². The molecule has 5 aliphatic carbocycles. The number of nitriles is 4. The topological polar surface area (TPSA) is 483 Å². The van der Waals surface area contributed by atoms with E-state index >= 15 is 0 Å². The van der Waals surface area contributed by atoms with Crippen molar-refractivity contribution in [3.05, 3.63) is 107 Å². The zero-order chi connectivity index (χ0) is 86.1. The fraction of sp³-hybridized carbons (Fsp3) is 0.556. The number of carbonyl (C=O) groups excluding carboxylic acids is 8. The minimum atomic E-state index is -4.31. The van der Waals surface area contributed by atoms with Gasteiger partial charge in [0.2, 0.25) is 17.7 Å². The predicted molar refractivity (Wildman–Crippen MR) is 419 cm³/mol. The largest absolute Gasteiger partial charge is 0.453 e. The second-order valence-corrected chi connectivity index (χ2v) is 33.1. The highest BCUT2D eigenvalue weighted by Gasteiger charge is 2.52. The highest BCUT2D eigenvalue weighted by Crippen LogP contribution is 2.51. The average molecular weight is 1670 g/mol. The van der Waals surface area contributed by atoms with Crippen LogP contribution < -0.4 is 44.2 Å². The summed E-state index contributed by atoms with van der Waals surface area (Å²) in [6.07, 6.45) is 10.0. The van der Waals surface area contributed by atoms with Crippen LogP contribution in [0.25, 0.3) is 11.1 Å². The van der Waals surface area contributed by atoms with Crippen molar-refractivity contribution in [2.45, 2.75) is 188 Å². The van der Waals surface area contributed by atoms with E-state index in [9.17, 15) is 85.7 Å². The van der Waals surface area contributed by atoms with E-state index in [1.54, 1.807) is 26.4 Å². The molecule has 120 heavy (non-hydrogen) atoms. The summed E-state index contributed by atoms with van der Waals surface area (Å²) in [6.45, 7) is 3.18. The molecule has 39 heteroatoms. The number of anilines is 4. The number of alkyl halides is 6.